The highest BCUT2D eigenvalue weighted by molar-refractivity contribution is 9.12. The second-order valence-corrected chi connectivity index (χ2v) is 6.36. The van der Waals surface area contributed by atoms with Crippen molar-refractivity contribution in [2.24, 2.45) is 0 Å². The van der Waals surface area contributed by atoms with Crippen LogP contribution in [-0.2, 0) is 4.74 Å². The minimum Gasteiger partial charge on any atom is -0.497 e. The van der Waals surface area contributed by atoms with Gasteiger partial charge in [0.25, 0.3) is 0 Å². The summed E-state index contributed by atoms with van der Waals surface area (Å²) in [6.07, 6.45) is 4.33. The molecule has 2 aromatic rings. The molecule has 0 bridgehead atoms. The van der Waals surface area contributed by atoms with Gasteiger partial charge in [0.15, 0.2) is 0 Å². The zero-order valence-corrected chi connectivity index (χ0v) is 15.5. The number of ether oxygens (including phenoxy) is 2. The van der Waals surface area contributed by atoms with Crippen molar-refractivity contribution in [1.82, 2.24) is 9.78 Å². The Labute approximate surface area is 153 Å². The fourth-order valence-corrected chi connectivity index (χ4v) is 3.27. The number of aromatic nitrogens is 2. The summed E-state index contributed by atoms with van der Waals surface area (Å²) in [5, 5.41) is 4.06. The Morgan fingerprint density at radius 1 is 1.32 bits per heavy atom. The maximum Gasteiger partial charge on any atom is 0.434 e. The van der Waals surface area contributed by atoms with Crippen LogP contribution in [-0.4, -0.2) is 35.4 Å². The number of rotatable bonds is 5. The molecule has 1 aliphatic rings. The summed E-state index contributed by atoms with van der Waals surface area (Å²) < 4.78 is 11.9. The van der Waals surface area contributed by atoms with E-state index in [0.29, 0.717) is 33.5 Å². The van der Waals surface area contributed by atoms with Gasteiger partial charge < -0.3 is 9.47 Å². The first-order valence-electron chi connectivity index (χ1n) is 7.91. The van der Waals surface area contributed by atoms with Crippen molar-refractivity contribution in [3.8, 4) is 5.75 Å². The van der Waals surface area contributed by atoms with Gasteiger partial charge in [0.2, 0.25) is 5.78 Å². The van der Waals surface area contributed by atoms with E-state index < -0.39 is 6.09 Å². The van der Waals surface area contributed by atoms with Crippen LogP contribution in [0.4, 0.5) is 4.79 Å². The molecular weight excluding hydrogens is 388 g/mol. The lowest BCUT2D eigenvalue weighted by Gasteiger charge is -2.05. The van der Waals surface area contributed by atoms with Crippen molar-refractivity contribution in [1.29, 1.82) is 0 Å². The van der Waals surface area contributed by atoms with Gasteiger partial charge in [0.1, 0.15) is 5.75 Å². The Balaban J connectivity index is 1.91. The monoisotopic (exact) mass is 404 g/mol. The summed E-state index contributed by atoms with van der Waals surface area (Å²) in [6, 6.07) is 5.32. The molecular formula is C18H17BrN2O4. The number of allylic oxidation sites excluding steroid dienone is 1. The Kier molecular flexibility index (Phi) is 5.03. The molecule has 0 unspecified atom stereocenters. The van der Waals surface area contributed by atoms with Crippen molar-refractivity contribution >= 4 is 33.4 Å². The number of carbonyl (C=O) groups is 2. The molecule has 25 heavy (non-hydrogen) atoms. The van der Waals surface area contributed by atoms with Gasteiger partial charge in [0, 0.05) is 22.9 Å². The van der Waals surface area contributed by atoms with Crippen LogP contribution in [0.15, 0.2) is 35.1 Å². The number of ketones is 1. The standard InChI is InChI=1S/C18H17BrN2O4/c1-3-4-7-25-18(23)21-10-11(9-20-21)15-13-6-5-12(24-2)8-14(13)17(22)16(15)19/h5-6,8-10H,3-4,7H2,1-2H3. The van der Waals surface area contributed by atoms with E-state index in [4.69, 9.17) is 9.47 Å². The van der Waals surface area contributed by atoms with Crippen LogP contribution in [0, 0.1) is 0 Å². The first-order valence-corrected chi connectivity index (χ1v) is 8.71. The first kappa shape index (κ1) is 17.4. The van der Waals surface area contributed by atoms with E-state index in [2.05, 4.69) is 21.0 Å². The van der Waals surface area contributed by atoms with Crippen LogP contribution < -0.4 is 4.74 Å². The molecule has 0 spiro atoms. The molecule has 1 aromatic heterocycles. The summed E-state index contributed by atoms with van der Waals surface area (Å²) in [5.41, 5.74) is 2.70. The number of benzene rings is 1. The van der Waals surface area contributed by atoms with Gasteiger partial charge in [-0.25, -0.2) is 4.79 Å². The van der Waals surface area contributed by atoms with Crippen LogP contribution in [0.3, 0.4) is 0 Å². The molecule has 0 atom stereocenters. The van der Waals surface area contributed by atoms with Gasteiger partial charge in [-0.15, -0.1) is 0 Å². The van der Waals surface area contributed by atoms with E-state index in [0.717, 1.165) is 23.1 Å². The van der Waals surface area contributed by atoms with Crippen molar-refractivity contribution in [2.45, 2.75) is 19.8 Å². The van der Waals surface area contributed by atoms with Crippen LogP contribution in [0.5, 0.6) is 5.75 Å². The largest absolute Gasteiger partial charge is 0.497 e. The molecule has 6 nitrogen and oxygen atoms in total. The lowest BCUT2D eigenvalue weighted by atomic mass is 10.0. The fourth-order valence-electron chi connectivity index (χ4n) is 2.61. The highest BCUT2D eigenvalue weighted by atomic mass is 79.9. The minimum atomic E-state index is -0.532. The number of methoxy groups -OCH3 is 1. The molecule has 0 aliphatic heterocycles. The Morgan fingerprint density at radius 2 is 2.12 bits per heavy atom. The Morgan fingerprint density at radius 3 is 2.84 bits per heavy atom. The number of hydrogen-bond acceptors (Lipinski definition) is 5. The third-order valence-corrected chi connectivity index (χ3v) is 4.70. The molecule has 0 amide bonds. The van der Waals surface area contributed by atoms with Gasteiger partial charge in [-0.05, 0) is 46.1 Å². The predicted molar refractivity (Wildman–Crippen MR) is 96.2 cm³/mol. The van der Waals surface area contributed by atoms with Crippen LogP contribution in [0.25, 0.3) is 5.57 Å². The van der Waals surface area contributed by atoms with E-state index in [-0.39, 0.29) is 5.78 Å². The summed E-state index contributed by atoms with van der Waals surface area (Å²) in [4.78, 5) is 24.5. The molecule has 0 radical (unpaired) electrons. The Bertz CT molecular complexity index is 870. The van der Waals surface area contributed by atoms with Gasteiger partial charge in [-0.2, -0.15) is 9.78 Å². The van der Waals surface area contributed by atoms with Gasteiger partial charge in [-0.1, -0.05) is 13.3 Å². The molecule has 1 aliphatic carbocycles. The zero-order valence-electron chi connectivity index (χ0n) is 13.9. The van der Waals surface area contributed by atoms with E-state index in [1.165, 1.54) is 0 Å². The lowest BCUT2D eigenvalue weighted by molar-refractivity contribution is 0.104. The minimum absolute atomic E-state index is 0.123. The first-order chi connectivity index (χ1) is 12.1. The average Bonchev–Trinajstić information content (AvgIpc) is 3.19. The van der Waals surface area contributed by atoms with Crippen molar-refractivity contribution < 1.29 is 19.1 Å². The molecule has 1 heterocycles. The maximum atomic E-state index is 12.5. The number of carbonyl (C=O) groups excluding carboxylic acids is 2. The number of fused-ring (bicyclic) bond motifs is 1. The second-order valence-electron chi connectivity index (χ2n) is 5.57. The zero-order chi connectivity index (χ0) is 18.0. The van der Waals surface area contributed by atoms with Crippen LogP contribution >= 0.6 is 15.9 Å². The number of hydrogen-bond donors (Lipinski definition) is 0. The fraction of sp³-hybridized carbons (Fsp3) is 0.278. The van der Waals surface area contributed by atoms with E-state index >= 15 is 0 Å². The quantitative estimate of drug-likeness (QED) is 0.703. The molecule has 130 valence electrons. The van der Waals surface area contributed by atoms with E-state index in [9.17, 15) is 9.59 Å². The average molecular weight is 405 g/mol. The van der Waals surface area contributed by atoms with Gasteiger partial charge in [0.05, 0.1) is 24.4 Å². The molecule has 1 aromatic carbocycles. The smallest absolute Gasteiger partial charge is 0.434 e. The van der Waals surface area contributed by atoms with E-state index in [1.807, 2.05) is 13.0 Å². The molecule has 3 rings (SSSR count). The van der Waals surface area contributed by atoms with E-state index in [1.54, 1.807) is 31.6 Å². The second kappa shape index (κ2) is 7.23. The lowest BCUT2D eigenvalue weighted by Crippen LogP contribution is -2.14. The number of halogens is 1. The van der Waals surface area contributed by atoms with Gasteiger partial charge in [-0.3, -0.25) is 4.79 Å². The predicted octanol–water partition coefficient (Wildman–Crippen LogP) is 4.03. The third kappa shape index (κ3) is 3.24. The SMILES string of the molecule is CCCCOC(=O)n1cc(C2=C(Br)C(=O)c3cc(OC)ccc32)cn1. The Hall–Kier alpha value is -2.41. The third-order valence-electron chi connectivity index (χ3n) is 3.94. The number of unbranched alkanes of at least 4 members (excludes halogenated alkanes) is 1. The summed E-state index contributed by atoms with van der Waals surface area (Å²) in [5.74, 6) is 0.492. The van der Waals surface area contributed by atoms with Crippen molar-refractivity contribution in [3.05, 3.63) is 51.8 Å². The highest BCUT2D eigenvalue weighted by Gasteiger charge is 2.30. The summed E-state index contributed by atoms with van der Waals surface area (Å²) in [7, 11) is 1.55. The number of Topliss-reactive ketones (excluding diaryl/α,β-unsaturated/α-hetero) is 1. The molecule has 0 saturated carbocycles. The molecule has 0 N–H and O–H groups in total. The van der Waals surface area contributed by atoms with Crippen LogP contribution in [0.2, 0.25) is 0 Å². The summed E-state index contributed by atoms with van der Waals surface area (Å²) >= 11 is 3.37. The molecule has 0 saturated heterocycles. The highest BCUT2D eigenvalue weighted by Crippen LogP contribution is 2.41. The normalized spacial score (nSPS) is 13.2. The van der Waals surface area contributed by atoms with Crippen LogP contribution in [0.1, 0.15) is 41.3 Å². The summed E-state index contributed by atoms with van der Waals surface area (Å²) in [6.45, 7) is 2.38. The number of nitrogens with zero attached hydrogens (tertiary/aromatic N) is 2. The van der Waals surface area contributed by atoms with Crippen molar-refractivity contribution in [3.63, 3.8) is 0 Å². The topological polar surface area (TPSA) is 70.4 Å². The maximum absolute atomic E-state index is 12.5. The molecule has 0 fully saturated rings. The van der Waals surface area contributed by atoms with Crippen molar-refractivity contribution in [2.75, 3.05) is 13.7 Å². The van der Waals surface area contributed by atoms with Gasteiger partial charge >= 0.3 is 6.09 Å². The molecule has 7 heteroatoms.